The molecule has 0 unspecified atom stereocenters. The van der Waals surface area contributed by atoms with Gasteiger partial charge in [-0.25, -0.2) is 0 Å². The maximum absolute atomic E-state index is 6.88. The van der Waals surface area contributed by atoms with Gasteiger partial charge in [-0.3, -0.25) is 0 Å². The molecule has 0 radical (unpaired) electrons. The summed E-state index contributed by atoms with van der Waals surface area (Å²) in [6, 6.07) is 13.2. The molecule has 0 aromatic heterocycles. The first kappa shape index (κ1) is 14.2. The SMILES string of the molecule is Clc1ccc2c(c1Cl)C1(c3ccccc3-2)C2CC3CC(C2)CC1C3. The Kier molecular flexibility index (Phi) is 2.72. The predicted octanol–water partition coefficient (Wildman–Crippen LogP) is 6.72. The van der Waals surface area contributed by atoms with Crippen LogP contribution in [0.25, 0.3) is 11.1 Å². The van der Waals surface area contributed by atoms with E-state index in [1.807, 2.05) is 6.07 Å². The normalized spacial score (nSPS) is 37.8. The van der Waals surface area contributed by atoms with Crippen molar-refractivity contribution >= 4 is 23.2 Å². The van der Waals surface area contributed by atoms with E-state index in [0.29, 0.717) is 0 Å². The Morgan fingerprint density at radius 2 is 1.42 bits per heavy atom. The average molecular weight is 355 g/mol. The molecule has 0 nitrogen and oxygen atoms in total. The van der Waals surface area contributed by atoms with E-state index in [9.17, 15) is 0 Å². The molecule has 0 amide bonds. The molecule has 5 aliphatic carbocycles. The Morgan fingerprint density at radius 3 is 2.12 bits per heavy atom. The predicted molar refractivity (Wildman–Crippen MR) is 99.7 cm³/mol. The quantitative estimate of drug-likeness (QED) is 0.492. The molecule has 2 heteroatoms. The molecule has 5 aliphatic rings. The standard InChI is InChI=1S/C22H20Cl2/c23-19-6-5-17-16-3-1-2-4-18(16)22(20(17)21(19)24)14-8-12-7-13(10-14)11-15(22)9-12/h1-6,12-15H,7-11H2. The van der Waals surface area contributed by atoms with Gasteiger partial charge in [0.1, 0.15) is 0 Å². The van der Waals surface area contributed by atoms with Crippen molar-refractivity contribution in [2.45, 2.75) is 37.5 Å². The van der Waals surface area contributed by atoms with Crippen LogP contribution in [0.5, 0.6) is 0 Å². The van der Waals surface area contributed by atoms with Crippen molar-refractivity contribution < 1.29 is 0 Å². The van der Waals surface area contributed by atoms with Crippen LogP contribution in [0.3, 0.4) is 0 Å². The van der Waals surface area contributed by atoms with E-state index in [1.54, 1.807) is 0 Å². The Morgan fingerprint density at radius 1 is 0.750 bits per heavy atom. The lowest BCUT2D eigenvalue weighted by Gasteiger charge is -2.61. The maximum atomic E-state index is 6.88. The molecule has 7 rings (SSSR count). The summed E-state index contributed by atoms with van der Waals surface area (Å²) in [6.45, 7) is 0. The van der Waals surface area contributed by atoms with Crippen LogP contribution in [-0.2, 0) is 5.41 Å². The minimum absolute atomic E-state index is 0.126. The highest BCUT2D eigenvalue weighted by Gasteiger charge is 2.62. The molecule has 0 N–H and O–H groups in total. The number of benzene rings is 2. The molecule has 0 aliphatic heterocycles. The van der Waals surface area contributed by atoms with Crippen molar-refractivity contribution in [3.8, 4) is 11.1 Å². The molecule has 24 heavy (non-hydrogen) atoms. The average Bonchev–Trinajstić information content (AvgIpc) is 2.87. The third kappa shape index (κ3) is 1.50. The minimum Gasteiger partial charge on any atom is -0.0827 e. The van der Waals surface area contributed by atoms with E-state index in [0.717, 1.165) is 33.7 Å². The summed E-state index contributed by atoms with van der Waals surface area (Å²) in [5, 5.41) is 1.54. The van der Waals surface area contributed by atoms with Gasteiger partial charge >= 0.3 is 0 Å². The Bertz CT molecular complexity index is 838. The Labute approximate surface area is 153 Å². The lowest BCUT2D eigenvalue weighted by atomic mass is 9.43. The zero-order valence-electron chi connectivity index (χ0n) is 13.6. The van der Waals surface area contributed by atoms with Gasteiger partial charge in [0.2, 0.25) is 0 Å². The van der Waals surface area contributed by atoms with Crippen molar-refractivity contribution in [1.29, 1.82) is 0 Å². The van der Waals surface area contributed by atoms with E-state index in [4.69, 9.17) is 23.2 Å². The fourth-order valence-electron chi connectivity index (χ4n) is 7.17. The van der Waals surface area contributed by atoms with Crippen molar-refractivity contribution in [1.82, 2.24) is 0 Å². The molecule has 1 spiro atoms. The second-order valence-electron chi connectivity index (χ2n) is 8.50. The summed E-state index contributed by atoms with van der Waals surface area (Å²) in [7, 11) is 0. The molecule has 4 saturated carbocycles. The van der Waals surface area contributed by atoms with Gasteiger partial charge in [0.25, 0.3) is 0 Å². The maximum Gasteiger partial charge on any atom is 0.0639 e. The van der Waals surface area contributed by atoms with Crippen molar-refractivity contribution in [2.24, 2.45) is 23.7 Å². The minimum atomic E-state index is 0.126. The second kappa shape index (κ2) is 4.59. The van der Waals surface area contributed by atoms with E-state index in [1.165, 1.54) is 54.4 Å². The zero-order chi connectivity index (χ0) is 16.1. The van der Waals surface area contributed by atoms with E-state index < -0.39 is 0 Å². The highest BCUT2D eigenvalue weighted by Crippen LogP contribution is 2.70. The lowest BCUT2D eigenvalue weighted by Crippen LogP contribution is -2.55. The van der Waals surface area contributed by atoms with Gasteiger partial charge in [-0.2, -0.15) is 0 Å². The molecule has 2 aromatic carbocycles. The van der Waals surface area contributed by atoms with Crippen LogP contribution in [0.15, 0.2) is 36.4 Å². The van der Waals surface area contributed by atoms with Crippen LogP contribution in [0.4, 0.5) is 0 Å². The largest absolute Gasteiger partial charge is 0.0827 e. The van der Waals surface area contributed by atoms with Gasteiger partial charge in [-0.05, 0) is 84.1 Å². The smallest absolute Gasteiger partial charge is 0.0639 e. The molecular formula is C22H20Cl2. The van der Waals surface area contributed by atoms with Gasteiger partial charge in [0.15, 0.2) is 0 Å². The number of rotatable bonds is 0. The van der Waals surface area contributed by atoms with Crippen molar-refractivity contribution in [2.75, 3.05) is 0 Å². The van der Waals surface area contributed by atoms with E-state index >= 15 is 0 Å². The summed E-state index contributed by atoms with van der Waals surface area (Å²) in [4.78, 5) is 0. The molecule has 0 saturated heterocycles. The van der Waals surface area contributed by atoms with E-state index in [-0.39, 0.29) is 5.41 Å². The van der Waals surface area contributed by atoms with Crippen LogP contribution >= 0.6 is 23.2 Å². The molecule has 0 atom stereocenters. The van der Waals surface area contributed by atoms with Gasteiger partial charge < -0.3 is 0 Å². The Hall–Kier alpha value is -0.980. The molecule has 0 heterocycles. The summed E-state index contributed by atoms with van der Waals surface area (Å²) in [5.41, 5.74) is 5.78. The summed E-state index contributed by atoms with van der Waals surface area (Å²) >= 11 is 13.4. The summed E-state index contributed by atoms with van der Waals surface area (Å²) < 4.78 is 0. The first-order chi connectivity index (χ1) is 11.7. The summed E-state index contributed by atoms with van der Waals surface area (Å²) in [6.07, 6.45) is 6.99. The highest BCUT2D eigenvalue weighted by atomic mass is 35.5. The number of hydrogen-bond donors (Lipinski definition) is 0. The third-order valence-corrected chi connectivity index (χ3v) is 8.40. The van der Waals surface area contributed by atoms with Gasteiger partial charge in [0, 0.05) is 5.41 Å². The Balaban J connectivity index is 1.72. The number of hydrogen-bond acceptors (Lipinski definition) is 0. The first-order valence-corrected chi connectivity index (χ1v) is 10.0. The highest BCUT2D eigenvalue weighted by molar-refractivity contribution is 6.43. The number of halogens is 2. The topological polar surface area (TPSA) is 0 Å². The molecule has 4 fully saturated rings. The van der Waals surface area contributed by atoms with Crippen molar-refractivity contribution in [3.63, 3.8) is 0 Å². The summed E-state index contributed by atoms with van der Waals surface area (Å²) in [5.74, 6) is 3.39. The third-order valence-electron chi connectivity index (χ3n) is 7.60. The van der Waals surface area contributed by atoms with Crippen LogP contribution in [0.1, 0.15) is 43.2 Å². The van der Waals surface area contributed by atoms with Crippen LogP contribution < -0.4 is 0 Å². The van der Waals surface area contributed by atoms with Crippen LogP contribution in [0.2, 0.25) is 10.0 Å². The molecular weight excluding hydrogens is 335 g/mol. The second-order valence-corrected chi connectivity index (χ2v) is 9.29. The molecule has 4 bridgehead atoms. The van der Waals surface area contributed by atoms with Crippen molar-refractivity contribution in [3.05, 3.63) is 57.6 Å². The van der Waals surface area contributed by atoms with Gasteiger partial charge in [-0.1, -0.05) is 53.5 Å². The van der Waals surface area contributed by atoms with Crippen LogP contribution in [0, 0.1) is 23.7 Å². The van der Waals surface area contributed by atoms with Gasteiger partial charge in [0.05, 0.1) is 10.0 Å². The molecule has 2 aromatic rings. The number of fused-ring (bicyclic) bond motifs is 3. The van der Waals surface area contributed by atoms with Crippen LogP contribution in [-0.4, -0.2) is 0 Å². The fraction of sp³-hybridized carbons (Fsp3) is 0.455. The molecule has 122 valence electrons. The zero-order valence-corrected chi connectivity index (χ0v) is 15.1. The fourth-order valence-corrected chi connectivity index (χ4v) is 7.65. The monoisotopic (exact) mass is 354 g/mol. The first-order valence-electron chi connectivity index (χ1n) is 9.28. The lowest BCUT2D eigenvalue weighted by molar-refractivity contribution is -0.0399. The van der Waals surface area contributed by atoms with E-state index in [2.05, 4.69) is 30.3 Å². The van der Waals surface area contributed by atoms with Gasteiger partial charge in [-0.15, -0.1) is 0 Å².